The number of aliphatic imine (C=N–C) groups is 1. The van der Waals surface area contributed by atoms with Crippen LogP contribution in [0.1, 0.15) is 36.1 Å². The maximum Gasteiger partial charge on any atom is 0.326 e. The number of nitrogens with one attached hydrogen (secondary N) is 1. The Hall–Kier alpha value is -3.79. The summed E-state index contributed by atoms with van der Waals surface area (Å²) >= 11 is 0. The van der Waals surface area contributed by atoms with Crippen LogP contribution in [0.25, 0.3) is 5.57 Å². The smallest absolute Gasteiger partial charge is 0.326 e. The molecule has 0 radical (unpaired) electrons. The van der Waals surface area contributed by atoms with Crippen molar-refractivity contribution < 1.29 is 28.9 Å². The average Bonchev–Trinajstić information content (AvgIpc) is 3.27. The molecule has 2 aromatic carbocycles. The second kappa shape index (κ2) is 12.2. The van der Waals surface area contributed by atoms with E-state index in [1.165, 1.54) is 0 Å². The van der Waals surface area contributed by atoms with Gasteiger partial charge >= 0.3 is 5.97 Å². The highest BCUT2D eigenvalue weighted by Gasteiger charge is 2.31. The molecule has 0 spiro atoms. The van der Waals surface area contributed by atoms with Gasteiger partial charge in [0.15, 0.2) is 0 Å². The minimum absolute atomic E-state index is 0.0963. The molecule has 3 atom stereocenters. The number of allylic oxidation sites excluding steroid dienone is 1. The third-order valence-corrected chi connectivity index (χ3v) is 6.71. The van der Waals surface area contributed by atoms with E-state index < -0.39 is 24.0 Å². The lowest BCUT2D eigenvalue weighted by atomic mass is 9.88. The van der Waals surface area contributed by atoms with Gasteiger partial charge in [0.1, 0.15) is 17.5 Å². The van der Waals surface area contributed by atoms with E-state index in [-0.39, 0.29) is 18.2 Å². The molecule has 2 aliphatic rings. The van der Waals surface area contributed by atoms with Crippen molar-refractivity contribution in [3.05, 3.63) is 82.6 Å². The summed E-state index contributed by atoms with van der Waals surface area (Å²) in [6.07, 6.45) is 2.56. The molecule has 2 aromatic rings. The minimum atomic E-state index is -1.15. The van der Waals surface area contributed by atoms with Crippen LogP contribution in [-0.4, -0.2) is 62.3 Å². The molecular weight excluding hydrogens is 486 g/mol. The molecule has 0 aromatic heterocycles. The highest BCUT2D eigenvalue weighted by Crippen LogP contribution is 2.35. The summed E-state index contributed by atoms with van der Waals surface area (Å²) in [4.78, 5) is 29.2. The summed E-state index contributed by atoms with van der Waals surface area (Å²) in [6, 6.07) is 12.9. The first-order valence-electron chi connectivity index (χ1n) is 12.5. The molecule has 4 N–H and O–H groups in total. The van der Waals surface area contributed by atoms with Gasteiger partial charge in [-0.1, -0.05) is 42.5 Å². The number of nitrogens with two attached hydrogens (primary N) is 1. The normalized spacial score (nSPS) is 19.4. The SMILES string of the molecule is CCOCC1=CC(OC)=C(c2ccc(CC(NC(=O)C3=Nc4ccccc4C3N)C(=O)O)cc2)C(OC)C1. The second-order valence-electron chi connectivity index (χ2n) is 9.15. The number of fused-ring (bicyclic) bond motifs is 1. The Balaban J connectivity index is 1.49. The highest BCUT2D eigenvalue weighted by atomic mass is 16.5. The molecule has 1 amide bonds. The number of nitrogens with zero attached hydrogens (tertiary/aromatic N) is 1. The molecule has 38 heavy (non-hydrogen) atoms. The molecule has 0 fully saturated rings. The van der Waals surface area contributed by atoms with Crippen LogP contribution in [0.2, 0.25) is 0 Å². The maximum absolute atomic E-state index is 12.9. The van der Waals surface area contributed by atoms with Gasteiger partial charge in [-0.25, -0.2) is 9.79 Å². The second-order valence-corrected chi connectivity index (χ2v) is 9.15. The summed E-state index contributed by atoms with van der Waals surface area (Å²) < 4.78 is 17.0. The minimum Gasteiger partial charge on any atom is -0.496 e. The van der Waals surface area contributed by atoms with Crippen LogP contribution in [0.3, 0.4) is 0 Å². The van der Waals surface area contributed by atoms with Gasteiger partial charge in [0, 0.05) is 37.7 Å². The van der Waals surface area contributed by atoms with Crippen LogP contribution < -0.4 is 11.1 Å². The number of carboxylic acids is 1. The van der Waals surface area contributed by atoms with E-state index >= 15 is 0 Å². The van der Waals surface area contributed by atoms with E-state index in [1.807, 2.05) is 49.4 Å². The number of carbonyl (C=O) groups excluding carboxylic acids is 1. The lowest BCUT2D eigenvalue weighted by Gasteiger charge is -2.27. The van der Waals surface area contributed by atoms with Crippen molar-refractivity contribution in [2.75, 3.05) is 27.4 Å². The number of para-hydroxylation sites is 1. The Kier molecular flexibility index (Phi) is 8.73. The van der Waals surface area contributed by atoms with Gasteiger partial charge in [-0.2, -0.15) is 0 Å². The third-order valence-electron chi connectivity index (χ3n) is 6.71. The van der Waals surface area contributed by atoms with Crippen molar-refractivity contribution in [3.63, 3.8) is 0 Å². The first-order valence-corrected chi connectivity index (χ1v) is 12.5. The first kappa shape index (κ1) is 27.3. The van der Waals surface area contributed by atoms with E-state index in [4.69, 9.17) is 19.9 Å². The quantitative estimate of drug-likeness (QED) is 0.415. The lowest BCUT2D eigenvalue weighted by molar-refractivity contribution is -0.141. The highest BCUT2D eigenvalue weighted by molar-refractivity contribution is 6.42. The van der Waals surface area contributed by atoms with Crippen molar-refractivity contribution in [2.24, 2.45) is 10.7 Å². The Labute approximate surface area is 222 Å². The molecule has 3 unspecified atom stereocenters. The Morgan fingerprint density at radius 3 is 2.53 bits per heavy atom. The average molecular weight is 520 g/mol. The number of rotatable bonds is 11. The van der Waals surface area contributed by atoms with Crippen LogP contribution in [0.5, 0.6) is 0 Å². The number of methoxy groups -OCH3 is 2. The molecule has 200 valence electrons. The Morgan fingerprint density at radius 2 is 1.89 bits per heavy atom. The number of aliphatic carboxylic acids is 1. The molecule has 0 saturated carbocycles. The molecule has 9 nitrogen and oxygen atoms in total. The number of ether oxygens (including phenoxy) is 3. The zero-order valence-corrected chi connectivity index (χ0v) is 21.8. The first-order chi connectivity index (χ1) is 18.4. The summed E-state index contributed by atoms with van der Waals surface area (Å²) in [5, 5.41) is 12.4. The zero-order valence-electron chi connectivity index (χ0n) is 21.8. The molecule has 1 heterocycles. The van der Waals surface area contributed by atoms with Crippen LogP contribution in [0.15, 0.2) is 70.9 Å². The standard InChI is InChI=1S/C29H33N3O6/c1-4-38-16-18-14-23(36-2)25(24(15-18)37-3)19-11-9-17(10-12-19)13-22(29(34)35)32-28(33)27-26(30)20-7-5-6-8-21(20)31-27/h5-12,14,22,24,26H,4,13,15-16,30H2,1-3H3,(H,32,33)(H,34,35). The number of hydrogen-bond donors (Lipinski definition) is 3. The number of carboxylic acid groups (broad SMARTS) is 1. The number of amides is 1. The van der Waals surface area contributed by atoms with Gasteiger partial charge in [0.25, 0.3) is 5.91 Å². The van der Waals surface area contributed by atoms with E-state index in [0.717, 1.165) is 27.8 Å². The number of carbonyl (C=O) groups is 2. The van der Waals surface area contributed by atoms with Crippen LogP contribution in [0.4, 0.5) is 5.69 Å². The maximum atomic E-state index is 12.9. The Morgan fingerprint density at radius 1 is 1.16 bits per heavy atom. The molecule has 1 aliphatic carbocycles. The van der Waals surface area contributed by atoms with E-state index in [0.29, 0.717) is 31.1 Å². The van der Waals surface area contributed by atoms with Gasteiger partial charge in [0.2, 0.25) is 0 Å². The molecule has 1 aliphatic heterocycles. The molecule has 0 saturated heterocycles. The summed E-state index contributed by atoms with van der Waals surface area (Å²) in [5.74, 6) is -1.03. The third kappa shape index (κ3) is 5.85. The van der Waals surface area contributed by atoms with Crippen molar-refractivity contribution in [3.8, 4) is 0 Å². The fourth-order valence-corrected chi connectivity index (χ4v) is 4.73. The zero-order chi connectivity index (χ0) is 27.2. The summed E-state index contributed by atoms with van der Waals surface area (Å²) in [6.45, 7) is 3.09. The monoisotopic (exact) mass is 519 g/mol. The van der Waals surface area contributed by atoms with E-state index in [1.54, 1.807) is 26.4 Å². The van der Waals surface area contributed by atoms with E-state index in [9.17, 15) is 14.7 Å². The lowest BCUT2D eigenvalue weighted by Crippen LogP contribution is -2.46. The van der Waals surface area contributed by atoms with Crippen molar-refractivity contribution >= 4 is 28.8 Å². The summed E-state index contributed by atoms with van der Waals surface area (Å²) in [7, 11) is 3.28. The predicted octanol–water partition coefficient (Wildman–Crippen LogP) is 3.32. The molecule has 0 bridgehead atoms. The van der Waals surface area contributed by atoms with Gasteiger partial charge in [-0.05, 0) is 35.8 Å². The predicted molar refractivity (Wildman–Crippen MR) is 144 cm³/mol. The van der Waals surface area contributed by atoms with Crippen molar-refractivity contribution in [2.45, 2.75) is 38.0 Å². The molecular formula is C29H33N3O6. The Bertz CT molecular complexity index is 1280. The molecule has 4 rings (SSSR count). The fourth-order valence-electron chi connectivity index (χ4n) is 4.73. The van der Waals surface area contributed by atoms with Gasteiger partial charge in [-0.15, -0.1) is 0 Å². The van der Waals surface area contributed by atoms with Crippen LogP contribution in [-0.2, 0) is 30.2 Å². The van der Waals surface area contributed by atoms with Gasteiger partial charge < -0.3 is 30.4 Å². The van der Waals surface area contributed by atoms with E-state index in [2.05, 4.69) is 10.3 Å². The van der Waals surface area contributed by atoms with Crippen LogP contribution >= 0.6 is 0 Å². The van der Waals surface area contributed by atoms with Crippen molar-refractivity contribution in [1.82, 2.24) is 5.32 Å². The fraction of sp³-hybridized carbons (Fsp3) is 0.345. The van der Waals surface area contributed by atoms with Gasteiger partial charge in [-0.3, -0.25) is 4.79 Å². The summed E-state index contributed by atoms with van der Waals surface area (Å²) in [5.41, 5.74) is 11.3. The van der Waals surface area contributed by atoms with Crippen LogP contribution in [0, 0.1) is 0 Å². The van der Waals surface area contributed by atoms with Crippen molar-refractivity contribution in [1.29, 1.82) is 0 Å². The van der Waals surface area contributed by atoms with Gasteiger partial charge in [0.05, 0.1) is 31.5 Å². The topological polar surface area (TPSA) is 132 Å². The number of hydrogen-bond acceptors (Lipinski definition) is 7. The largest absolute Gasteiger partial charge is 0.496 e. The molecule has 9 heteroatoms. The number of benzene rings is 2.